The lowest BCUT2D eigenvalue weighted by molar-refractivity contribution is 0.0884. The molecular formula is C32H43N5O3. The van der Waals surface area contributed by atoms with Crippen LogP contribution in [0.1, 0.15) is 84.2 Å². The van der Waals surface area contributed by atoms with E-state index in [4.69, 9.17) is 9.72 Å². The van der Waals surface area contributed by atoms with Crippen molar-refractivity contribution in [2.45, 2.75) is 89.9 Å². The number of anilines is 1. The highest BCUT2D eigenvalue weighted by molar-refractivity contribution is 5.96. The Morgan fingerprint density at radius 3 is 2.60 bits per heavy atom. The number of hydrogen-bond donors (Lipinski definition) is 2. The Labute approximate surface area is 237 Å². The van der Waals surface area contributed by atoms with E-state index in [1.54, 1.807) is 6.20 Å². The molecular weight excluding hydrogens is 502 g/mol. The average molecular weight is 546 g/mol. The SMILES string of the molecule is Cc1c(C(=O)NC2CCN(c3ccc(C(=O)N[C@@H]4CCCN(C(C)C)C4)cn3)C3CCC3C2)ccc2c1OCC2. The molecule has 40 heavy (non-hydrogen) atoms. The maximum Gasteiger partial charge on any atom is 0.253 e. The third-order valence-corrected chi connectivity index (χ3v) is 9.59. The van der Waals surface area contributed by atoms with Crippen molar-refractivity contribution in [1.82, 2.24) is 20.5 Å². The van der Waals surface area contributed by atoms with Crippen molar-refractivity contribution >= 4 is 17.6 Å². The molecule has 4 aliphatic rings. The van der Waals surface area contributed by atoms with E-state index < -0.39 is 0 Å². The molecule has 1 aromatic heterocycles. The number of carbonyl (C=O) groups is 2. The second kappa shape index (κ2) is 11.4. The fourth-order valence-electron chi connectivity index (χ4n) is 7.07. The monoisotopic (exact) mass is 545 g/mol. The number of likely N-dealkylation sites (tertiary alicyclic amines) is 1. The number of piperidine rings is 1. The summed E-state index contributed by atoms with van der Waals surface area (Å²) in [5.41, 5.74) is 3.47. The van der Waals surface area contributed by atoms with E-state index >= 15 is 0 Å². The Morgan fingerprint density at radius 1 is 1.00 bits per heavy atom. The summed E-state index contributed by atoms with van der Waals surface area (Å²) >= 11 is 0. The zero-order chi connectivity index (χ0) is 27.8. The third-order valence-electron chi connectivity index (χ3n) is 9.59. The van der Waals surface area contributed by atoms with Gasteiger partial charge in [0.1, 0.15) is 11.6 Å². The molecule has 214 valence electrons. The van der Waals surface area contributed by atoms with Gasteiger partial charge < -0.3 is 20.3 Å². The number of aromatic nitrogens is 1. The molecule has 0 bridgehead atoms. The maximum absolute atomic E-state index is 13.3. The van der Waals surface area contributed by atoms with Crippen molar-refractivity contribution in [3.63, 3.8) is 0 Å². The summed E-state index contributed by atoms with van der Waals surface area (Å²) in [6.45, 7) is 9.95. The van der Waals surface area contributed by atoms with Crippen LogP contribution in [0.5, 0.6) is 5.75 Å². The lowest BCUT2D eigenvalue weighted by atomic mass is 9.76. The minimum absolute atomic E-state index is 0.00639. The van der Waals surface area contributed by atoms with Crippen LogP contribution in [-0.4, -0.2) is 72.1 Å². The van der Waals surface area contributed by atoms with Crippen LogP contribution in [-0.2, 0) is 6.42 Å². The van der Waals surface area contributed by atoms with E-state index in [9.17, 15) is 9.59 Å². The van der Waals surface area contributed by atoms with Gasteiger partial charge in [0.15, 0.2) is 0 Å². The van der Waals surface area contributed by atoms with Crippen LogP contribution in [0.2, 0.25) is 0 Å². The third kappa shape index (κ3) is 5.42. The molecule has 0 radical (unpaired) electrons. The highest BCUT2D eigenvalue weighted by atomic mass is 16.5. The van der Waals surface area contributed by atoms with Gasteiger partial charge >= 0.3 is 0 Å². The lowest BCUT2D eigenvalue weighted by Crippen LogP contribution is -2.49. The number of carbonyl (C=O) groups excluding carboxylic acids is 2. The van der Waals surface area contributed by atoms with Crippen LogP contribution >= 0.6 is 0 Å². The molecule has 3 fully saturated rings. The molecule has 4 atom stereocenters. The Hall–Kier alpha value is -3.13. The molecule has 4 heterocycles. The van der Waals surface area contributed by atoms with Crippen molar-refractivity contribution in [3.05, 3.63) is 52.7 Å². The minimum atomic E-state index is -0.0398. The molecule has 8 heteroatoms. The summed E-state index contributed by atoms with van der Waals surface area (Å²) in [6, 6.07) is 9.14. The van der Waals surface area contributed by atoms with Gasteiger partial charge in [0.2, 0.25) is 0 Å². The molecule has 2 saturated heterocycles. The van der Waals surface area contributed by atoms with Gasteiger partial charge in [0, 0.05) is 61.0 Å². The summed E-state index contributed by atoms with van der Waals surface area (Å²) in [7, 11) is 0. The van der Waals surface area contributed by atoms with E-state index in [1.807, 2.05) is 31.2 Å². The number of amides is 2. The summed E-state index contributed by atoms with van der Waals surface area (Å²) < 4.78 is 5.79. The number of rotatable bonds is 6. The number of hydrogen-bond acceptors (Lipinski definition) is 6. The van der Waals surface area contributed by atoms with E-state index in [2.05, 4.69) is 34.3 Å². The van der Waals surface area contributed by atoms with Crippen molar-refractivity contribution < 1.29 is 14.3 Å². The second-order valence-electron chi connectivity index (χ2n) is 12.4. The normalized spacial score (nSPS) is 26.2. The topological polar surface area (TPSA) is 86.8 Å². The molecule has 6 rings (SSSR count). The highest BCUT2D eigenvalue weighted by Crippen LogP contribution is 2.40. The van der Waals surface area contributed by atoms with Gasteiger partial charge in [-0.15, -0.1) is 0 Å². The maximum atomic E-state index is 13.3. The van der Waals surface area contributed by atoms with Crippen LogP contribution in [0.25, 0.3) is 0 Å². The Balaban J connectivity index is 1.08. The molecule has 8 nitrogen and oxygen atoms in total. The number of nitrogens with one attached hydrogen (secondary N) is 2. The first-order chi connectivity index (χ1) is 19.4. The number of fused-ring (bicyclic) bond motifs is 2. The molecule has 3 aliphatic heterocycles. The zero-order valence-corrected chi connectivity index (χ0v) is 24.1. The number of pyridine rings is 1. The first-order valence-electron chi connectivity index (χ1n) is 15.2. The molecule has 2 amide bonds. The minimum Gasteiger partial charge on any atom is -0.493 e. The molecule has 1 saturated carbocycles. The van der Waals surface area contributed by atoms with Crippen LogP contribution in [0.3, 0.4) is 0 Å². The summed E-state index contributed by atoms with van der Waals surface area (Å²) in [5, 5.41) is 6.57. The first kappa shape index (κ1) is 27.1. The quantitative estimate of drug-likeness (QED) is 0.568. The summed E-state index contributed by atoms with van der Waals surface area (Å²) in [4.78, 5) is 35.8. The number of ether oxygens (including phenoxy) is 1. The molecule has 1 aromatic carbocycles. The fourth-order valence-corrected chi connectivity index (χ4v) is 7.07. The van der Waals surface area contributed by atoms with E-state index in [-0.39, 0.29) is 23.9 Å². The van der Waals surface area contributed by atoms with Gasteiger partial charge in [-0.1, -0.05) is 6.07 Å². The van der Waals surface area contributed by atoms with Crippen molar-refractivity contribution in [2.24, 2.45) is 5.92 Å². The van der Waals surface area contributed by atoms with E-state index in [0.717, 1.165) is 75.3 Å². The lowest BCUT2D eigenvalue weighted by Gasteiger charge is -2.43. The van der Waals surface area contributed by atoms with Gasteiger partial charge in [-0.2, -0.15) is 0 Å². The van der Waals surface area contributed by atoms with Gasteiger partial charge in [0.05, 0.1) is 12.2 Å². The van der Waals surface area contributed by atoms with Crippen molar-refractivity contribution in [2.75, 3.05) is 31.1 Å². The Kier molecular flexibility index (Phi) is 7.71. The summed E-state index contributed by atoms with van der Waals surface area (Å²) in [6.07, 6.45) is 8.95. The standard InChI is InChI=1S/C32H43N5O3/c1-20(2)36-14-4-5-26(19-36)35-31(38)24-8-11-29(33-18-24)37-15-12-25(17-23-7-10-28(23)37)34-32(39)27-9-6-22-13-16-40-30(22)21(27)3/h6,8-9,11,18,20,23,25-26,28H,4-5,7,10,12-17,19H2,1-3H3,(H,34,39)(H,35,38)/t23?,25?,26-,28?/m1/s1. The van der Waals surface area contributed by atoms with Gasteiger partial charge in [-0.05, 0) is 95.5 Å². The van der Waals surface area contributed by atoms with Gasteiger partial charge in [-0.25, -0.2) is 4.98 Å². The number of benzene rings is 1. The van der Waals surface area contributed by atoms with E-state index in [0.29, 0.717) is 35.7 Å². The van der Waals surface area contributed by atoms with Crippen LogP contribution < -0.4 is 20.3 Å². The summed E-state index contributed by atoms with van der Waals surface area (Å²) in [5.74, 6) is 2.30. The highest BCUT2D eigenvalue weighted by Gasteiger charge is 2.40. The largest absolute Gasteiger partial charge is 0.493 e. The molecule has 2 N–H and O–H groups in total. The molecule has 2 aromatic rings. The molecule has 1 aliphatic carbocycles. The molecule has 3 unspecified atom stereocenters. The predicted octanol–water partition coefficient (Wildman–Crippen LogP) is 4.10. The van der Waals surface area contributed by atoms with Crippen molar-refractivity contribution in [3.8, 4) is 5.75 Å². The second-order valence-corrected chi connectivity index (χ2v) is 12.4. The zero-order valence-electron chi connectivity index (χ0n) is 24.1. The van der Waals surface area contributed by atoms with Gasteiger partial charge in [-0.3, -0.25) is 14.5 Å². The fraction of sp³-hybridized carbons (Fsp3) is 0.594. The average Bonchev–Trinajstić information content (AvgIpc) is 3.39. The Bertz CT molecular complexity index is 1250. The smallest absolute Gasteiger partial charge is 0.253 e. The first-order valence-corrected chi connectivity index (χ1v) is 15.2. The Morgan fingerprint density at radius 2 is 1.85 bits per heavy atom. The van der Waals surface area contributed by atoms with Crippen molar-refractivity contribution in [1.29, 1.82) is 0 Å². The molecule has 0 spiro atoms. The van der Waals surface area contributed by atoms with Crippen LogP contribution in [0.15, 0.2) is 30.5 Å². The predicted molar refractivity (Wildman–Crippen MR) is 156 cm³/mol. The van der Waals surface area contributed by atoms with Crippen LogP contribution in [0, 0.1) is 12.8 Å². The van der Waals surface area contributed by atoms with E-state index in [1.165, 1.54) is 12.0 Å². The van der Waals surface area contributed by atoms with Crippen LogP contribution in [0.4, 0.5) is 5.82 Å². The van der Waals surface area contributed by atoms with Gasteiger partial charge in [0.25, 0.3) is 11.8 Å². The number of nitrogens with zero attached hydrogens (tertiary/aromatic N) is 3.